The molecule has 0 amide bonds. The number of rotatable bonds is 9. The lowest BCUT2D eigenvalue weighted by atomic mass is 9.81. The Labute approximate surface area is 232 Å². The van der Waals surface area contributed by atoms with Gasteiger partial charge in [0, 0.05) is 25.8 Å². The molecule has 1 saturated heterocycles. The van der Waals surface area contributed by atoms with Crippen LogP contribution in [0.5, 0.6) is 5.75 Å². The van der Waals surface area contributed by atoms with E-state index in [9.17, 15) is 14.4 Å². The van der Waals surface area contributed by atoms with Crippen LogP contribution >= 0.6 is 23.4 Å². The lowest BCUT2D eigenvalue weighted by molar-refractivity contribution is -0.263. The number of hydrogen-bond donors (Lipinski definition) is 0. The molecule has 1 heterocycles. The van der Waals surface area contributed by atoms with Gasteiger partial charge < -0.3 is 23.7 Å². The summed E-state index contributed by atoms with van der Waals surface area (Å²) in [5.41, 5.74) is 0.519. The first-order valence-electron chi connectivity index (χ1n) is 12.2. The van der Waals surface area contributed by atoms with Crippen molar-refractivity contribution in [1.29, 1.82) is 0 Å². The number of halogens is 1. The maximum Gasteiger partial charge on any atom is 0.303 e. The van der Waals surface area contributed by atoms with E-state index in [1.54, 1.807) is 25.3 Å². The second kappa shape index (κ2) is 12.9. The maximum atomic E-state index is 12.2. The standard InChI is InChI=1S/C28H33ClO8S/c1-7-33-22-11-8-19(9-12-22)14-20-15-21(10-13-23(20)29)28(5)26(36-18(4)32)24(34-16(2)30)25(35-17(3)31)27(37-28)38-6/h8-13,15,24-27H,7,14H2,1-6H3/t24-,25-,26+,27+,28-/m0/s1. The van der Waals surface area contributed by atoms with E-state index < -0.39 is 47.3 Å². The Bertz CT molecular complexity index is 1150. The Hall–Kier alpha value is -2.75. The predicted molar refractivity (Wildman–Crippen MR) is 144 cm³/mol. The normalized spacial score (nSPS) is 24.8. The van der Waals surface area contributed by atoms with Gasteiger partial charge in [-0.3, -0.25) is 14.4 Å². The Morgan fingerprint density at radius 1 is 0.947 bits per heavy atom. The number of hydrogen-bond acceptors (Lipinski definition) is 9. The summed E-state index contributed by atoms with van der Waals surface area (Å²) >= 11 is 7.87. The summed E-state index contributed by atoms with van der Waals surface area (Å²) in [5.74, 6) is -1.01. The van der Waals surface area contributed by atoms with Gasteiger partial charge in [-0.2, -0.15) is 0 Å². The second-order valence-corrected chi connectivity index (χ2v) is 10.4. The highest BCUT2D eigenvalue weighted by Gasteiger charge is 2.58. The van der Waals surface area contributed by atoms with Crippen LogP contribution in [0.3, 0.4) is 0 Å². The number of carbonyl (C=O) groups excluding carboxylic acids is 3. The Kier molecular flexibility index (Phi) is 10.1. The van der Waals surface area contributed by atoms with Crippen LogP contribution in [0.15, 0.2) is 42.5 Å². The molecule has 0 aliphatic carbocycles. The first-order valence-corrected chi connectivity index (χ1v) is 13.9. The van der Waals surface area contributed by atoms with Crippen molar-refractivity contribution < 1.29 is 38.1 Å². The summed E-state index contributed by atoms with van der Waals surface area (Å²) in [6, 6.07) is 13.2. The molecule has 38 heavy (non-hydrogen) atoms. The molecule has 206 valence electrons. The first kappa shape index (κ1) is 29.8. The van der Waals surface area contributed by atoms with Gasteiger partial charge in [0.15, 0.2) is 18.3 Å². The third-order valence-electron chi connectivity index (χ3n) is 6.17. The molecule has 5 atom stereocenters. The SMILES string of the molecule is CCOc1ccc(Cc2cc([C@]3(C)O[C@H](SC)[C@@H](OC(C)=O)[C@H](OC(C)=O)[C@H]3OC(C)=O)ccc2Cl)cc1. The van der Waals surface area contributed by atoms with Crippen molar-refractivity contribution in [3.63, 3.8) is 0 Å². The summed E-state index contributed by atoms with van der Waals surface area (Å²) in [6.45, 7) is 8.02. The van der Waals surface area contributed by atoms with E-state index in [1.165, 1.54) is 32.5 Å². The van der Waals surface area contributed by atoms with Crippen molar-refractivity contribution in [2.24, 2.45) is 0 Å². The molecule has 1 aliphatic heterocycles. The summed E-state index contributed by atoms with van der Waals surface area (Å²) in [4.78, 5) is 36.2. The van der Waals surface area contributed by atoms with Gasteiger partial charge in [-0.25, -0.2) is 0 Å². The molecule has 0 unspecified atom stereocenters. The van der Waals surface area contributed by atoms with Crippen LogP contribution in [-0.2, 0) is 45.4 Å². The first-order chi connectivity index (χ1) is 18.0. The molecule has 1 aliphatic rings. The van der Waals surface area contributed by atoms with E-state index in [4.69, 9.17) is 35.3 Å². The van der Waals surface area contributed by atoms with E-state index in [1.807, 2.05) is 37.3 Å². The monoisotopic (exact) mass is 564 g/mol. The summed E-state index contributed by atoms with van der Waals surface area (Å²) in [5, 5.41) is 0.557. The lowest BCUT2D eigenvalue weighted by Gasteiger charge is -2.50. The molecule has 0 bridgehead atoms. The van der Waals surface area contributed by atoms with Gasteiger partial charge in [0.1, 0.15) is 16.8 Å². The number of ether oxygens (including phenoxy) is 5. The van der Waals surface area contributed by atoms with Gasteiger partial charge in [0.2, 0.25) is 0 Å². The summed E-state index contributed by atoms with van der Waals surface area (Å²) in [7, 11) is 0. The molecule has 8 nitrogen and oxygen atoms in total. The van der Waals surface area contributed by atoms with Crippen molar-refractivity contribution in [2.45, 2.75) is 70.4 Å². The van der Waals surface area contributed by atoms with Crippen LogP contribution < -0.4 is 4.74 Å². The zero-order chi connectivity index (χ0) is 28.0. The molecule has 10 heteroatoms. The van der Waals surface area contributed by atoms with E-state index in [-0.39, 0.29) is 0 Å². The fourth-order valence-electron chi connectivity index (χ4n) is 4.53. The number of benzene rings is 2. The molecule has 0 N–H and O–H groups in total. The van der Waals surface area contributed by atoms with E-state index >= 15 is 0 Å². The van der Waals surface area contributed by atoms with Crippen molar-refractivity contribution in [1.82, 2.24) is 0 Å². The van der Waals surface area contributed by atoms with Crippen molar-refractivity contribution in [3.8, 4) is 5.75 Å². The molecule has 2 aromatic carbocycles. The third-order valence-corrected chi connectivity index (χ3v) is 7.37. The van der Waals surface area contributed by atoms with E-state index in [2.05, 4.69) is 0 Å². The fraction of sp³-hybridized carbons (Fsp3) is 0.464. The number of carbonyl (C=O) groups is 3. The van der Waals surface area contributed by atoms with Crippen LogP contribution in [0.4, 0.5) is 0 Å². The van der Waals surface area contributed by atoms with Gasteiger partial charge >= 0.3 is 17.9 Å². The number of esters is 3. The van der Waals surface area contributed by atoms with Gasteiger partial charge in [-0.1, -0.05) is 35.9 Å². The van der Waals surface area contributed by atoms with Gasteiger partial charge in [-0.15, -0.1) is 11.8 Å². The minimum atomic E-state index is -1.27. The van der Waals surface area contributed by atoms with Crippen LogP contribution in [0.2, 0.25) is 5.02 Å². The third kappa shape index (κ3) is 7.01. The fourth-order valence-corrected chi connectivity index (χ4v) is 5.49. The largest absolute Gasteiger partial charge is 0.494 e. The van der Waals surface area contributed by atoms with Crippen LogP contribution in [0.25, 0.3) is 0 Å². The topological polar surface area (TPSA) is 97.4 Å². The average Bonchev–Trinajstić information content (AvgIpc) is 2.85. The Morgan fingerprint density at radius 2 is 1.55 bits per heavy atom. The Balaban J connectivity index is 2.06. The second-order valence-electron chi connectivity index (χ2n) is 9.07. The Morgan fingerprint density at radius 3 is 2.11 bits per heavy atom. The zero-order valence-electron chi connectivity index (χ0n) is 22.3. The smallest absolute Gasteiger partial charge is 0.303 e. The highest BCUT2D eigenvalue weighted by Crippen LogP contribution is 2.45. The minimum absolute atomic E-state index is 0.531. The van der Waals surface area contributed by atoms with Crippen LogP contribution in [-0.4, -0.2) is 54.5 Å². The predicted octanol–water partition coefficient (Wildman–Crippen LogP) is 5.06. The van der Waals surface area contributed by atoms with E-state index in [0.717, 1.165) is 16.9 Å². The minimum Gasteiger partial charge on any atom is -0.494 e. The van der Waals surface area contributed by atoms with Gasteiger partial charge in [0.05, 0.1) is 6.61 Å². The van der Waals surface area contributed by atoms with Gasteiger partial charge in [0.25, 0.3) is 0 Å². The molecular weight excluding hydrogens is 532 g/mol. The number of thioether (sulfide) groups is 1. The van der Waals surface area contributed by atoms with Crippen LogP contribution in [0.1, 0.15) is 51.3 Å². The zero-order valence-corrected chi connectivity index (χ0v) is 23.9. The molecular formula is C28H33ClO8S. The van der Waals surface area contributed by atoms with Crippen molar-refractivity contribution >= 4 is 41.3 Å². The van der Waals surface area contributed by atoms with Gasteiger partial charge in [-0.05, 0) is 61.4 Å². The summed E-state index contributed by atoms with van der Waals surface area (Å²) in [6.07, 6.45) is -0.905. The highest BCUT2D eigenvalue weighted by atomic mass is 35.5. The maximum absolute atomic E-state index is 12.2. The van der Waals surface area contributed by atoms with E-state index in [0.29, 0.717) is 23.6 Å². The van der Waals surface area contributed by atoms with Crippen molar-refractivity contribution in [3.05, 3.63) is 64.2 Å². The quantitative estimate of drug-likeness (QED) is 0.306. The average molecular weight is 565 g/mol. The molecule has 0 radical (unpaired) electrons. The molecule has 2 aromatic rings. The summed E-state index contributed by atoms with van der Waals surface area (Å²) < 4.78 is 28.9. The van der Waals surface area contributed by atoms with Crippen molar-refractivity contribution in [2.75, 3.05) is 12.9 Å². The molecule has 0 saturated carbocycles. The molecule has 1 fully saturated rings. The highest BCUT2D eigenvalue weighted by molar-refractivity contribution is 7.99. The molecule has 0 aromatic heterocycles. The molecule has 0 spiro atoms. The van der Waals surface area contributed by atoms with Crippen LogP contribution in [0, 0.1) is 0 Å². The lowest BCUT2D eigenvalue weighted by Crippen LogP contribution is -2.64. The molecule has 3 rings (SSSR count).